The summed E-state index contributed by atoms with van der Waals surface area (Å²) in [6.45, 7) is 0. The van der Waals surface area contributed by atoms with Gasteiger partial charge in [0.25, 0.3) is 0 Å². The van der Waals surface area contributed by atoms with Crippen molar-refractivity contribution < 1.29 is 4.74 Å². The molecule has 0 fully saturated rings. The number of hydrogen-bond acceptors (Lipinski definition) is 5. The Bertz CT molecular complexity index is 797. The minimum absolute atomic E-state index is 0.757. The van der Waals surface area contributed by atoms with Gasteiger partial charge in [0.15, 0.2) is 0 Å². The summed E-state index contributed by atoms with van der Waals surface area (Å²) in [5, 5.41) is 6.98. The summed E-state index contributed by atoms with van der Waals surface area (Å²) in [6.07, 6.45) is 1.75. The molecule has 0 amide bonds. The number of halogens is 1. The molecule has 1 aromatic heterocycles. The van der Waals surface area contributed by atoms with Crippen molar-refractivity contribution in [1.29, 1.82) is 0 Å². The number of anilines is 1. The van der Waals surface area contributed by atoms with Crippen LogP contribution in [0.5, 0.6) is 5.75 Å². The highest BCUT2D eigenvalue weighted by atomic mass is 79.9. The first-order valence-corrected chi connectivity index (χ1v) is 8.56. The molecule has 6 heteroatoms. The standard InChI is InChI=1S/C17H14BrN3OS/c1-22-15-8-2-12(3-9-15)10-19-21-17-20-16(11-23-17)13-4-6-14(18)7-5-13/h2-11H,1H3,(H,20,21)/b19-10+. The van der Waals surface area contributed by atoms with Crippen LogP contribution in [0, 0.1) is 0 Å². The van der Waals surface area contributed by atoms with E-state index in [4.69, 9.17) is 4.74 Å². The average molecular weight is 388 g/mol. The van der Waals surface area contributed by atoms with Crippen molar-refractivity contribution in [2.45, 2.75) is 0 Å². The van der Waals surface area contributed by atoms with Crippen molar-refractivity contribution in [1.82, 2.24) is 4.98 Å². The third kappa shape index (κ3) is 4.18. The first-order valence-electron chi connectivity index (χ1n) is 6.89. The summed E-state index contributed by atoms with van der Waals surface area (Å²) in [5.74, 6) is 0.828. The van der Waals surface area contributed by atoms with Gasteiger partial charge < -0.3 is 4.74 Å². The van der Waals surface area contributed by atoms with Crippen LogP contribution < -0.4 is 10.2 Å². The predicted molar refractivity (Wildman–Crippen MR) is 99.5 cm³/mol. The molecule has 116 valence electrons. The fraction of sp³-hybridized carbons (Fsp3) is 0.0588. The van der Waals surface area contributed by atoms with Gasteiger partial charge in [0, 0.05) is 15.4 Å². The van der Waals surface area contributed by atoms with Crippen LogP contribution in [0.3, 0.4) is 0 Å². The van der Waals surface area contributed by atoms with E-state index in [-0.39, 0.29) is 0 Å². The number of thiazole rings is 1. The molecule has 1 heterocycles. The second-order valence-corrected chi connectivity index (χ2v) is 6.46. The van der Waals surface area contributed by atoms with Crippen LogP contribution in [0.25, 0.3) is 11.3 Å². The number of hydrogen-bond donors (Lipinski definition) is 1. The third-order valence-corrected chi connectivity index (χ3v) is 4.41. The van der Waals surface area contributed by atoms with Crippen molar-refractivity contribution >= 4 is 38.6 Å². The minimum atomic E-state index is 0.757. The Kier molecular flexibility index (Phi) is 5.05. The van der Waals surface area contributed by atoms with E-state index >= 15 is 0 Å². The average Bonchev–Trinajstić information content (AvgIpc) is 3.05. The Morgan fingerprint density at radius 2 is 1.87 bits per heavy atom. The highest BCUT2D eigenvalue weighted by Gasteiger charge is 2.03. The van der Waals surface area contributed by atoms with Crippen LogP contribution in [0.4, 0.5) is 5.13 Å². The summed E-state index contributed by atoms with van der Waals surface area (Å²) in [5.41, 5.74) is 5.96. The van der Waals surface area contributed by atoms with Gasteiger partial charge in [-0.25, -0.2) is 4.98 Å². The molecule has 23 heavy (non-hydrogen) atoms. The Balaban J connectivity index is 1.64. The number of benzene rings is 2. The molecule has 0 saturated carbocycles. The molecule has 0 aliphatic carbocycles. The maximum atomic E-state index is 5.12. The lowest BCUT2D eigenvalue weighted by Crippen LogP contribution is -1.90. The van der Waals surface area contributed by atoms with Crippen LogP contribution in [0.1, 0.15) is 5.56 Å². The third-order valence-electron chi connectivity index (χ3n) is 3.13. The van der Waals surface area contributed by atoms with Gasteiger partial charge >= 0.3 is 0 Å². The van der Waals surface area contributed by atoms with Gasteiger partial charge in [0.2, 0.25) is 5.13 Å². The lowest BCUT2D eigenvalue weighted by Gasteiger charge is -1.99. The number of nitrogens with zero attached hydrogens (tertiary/aromatic N) is 2. The van der Waals surface area contributed by atoms with Crippen LogP contribution in [0.15, 0.2) is 63.5 Å². The monoisotopic (exact) mass is 387 g/mol. The van der Waals surface area contributed by atoms with Gasteiger partial charge in [-0.2, -0.15) is 5.10 Å². The van der Waals surface area contributed by atoms with E-state index in [0.717, 1.165) is 32.2 Å². The van der Waals surface area contributed by atoms with Crippen molar-refractivity contribution in [3.8, 4) is 17.0 Å². The zero-order valence-electron chi connectivity index (χ0n) is 12.4. The number of aromatic nitrogens is 1. The van der Waals surface area contributed by atoms with E-state index in [1.807, 2.05) is 53.9 Å². The second kappa shape index (κ2) is 7.39. The molecule has 0 aliphatic heterocycles. The zero-order valence-corrected chi connectivity index (χ0v) is 14.8. The van der Waals surface area contributed by atoms with Crippen LogP contribution in [-0.4, -0.2) is 18.3 Å². The molecule has 3 aromatic rings. The molecule has 0 unspecified atom stereocenters. The number of hydrazone groups is 1. The molecule has 0 spiro atoms. The molecule has 4 nitrogen and oxygen atoms in total. The van der Waals surface area contributed by atoms with Crippen molar-refractivity contribution in [2.24, 2.45) is 5.10 Å². The molecule has 0 bridgehead atoms. The quantitative estimate of drug-likeness (QED) is 0.493. The van der Waals surface area contributed by atoms with Crippen molar-refractivity contribution in [3.63, 3.8) is 0 Å². The smallest absolute Gasteiger partial charge is 0.203 e. The number of nitrogens with one attached hydrogen (secondary N) is 1. The summed E-state index contributed by atoms with van der Waals surface area (Å²) in [7, 11) is 1.65. The summed E-state index contributed by atoms with van der Waals surface area (Å²) in [6, 6.07) is 15.8. The molecular formula is C17H14BrN3OS. The maximum absolute atomic E-state index is 5.12. The number of rotatable bonds is 5. The van der Waals surface area contributed by atoms with Crippen LogP contribution in [-0.2, 0) is 0 Å². The van der Waals surface area contributed by atoms with Crippen molar-refractivity contribution in [2.75, 3.05) is 12.5 Å². The SMILES string of the molecule is COc1ccc(/C=N/Nc2nc(-c3ccc(Br)cc3)cs2)cc1. The Morgan fingerprint density at radius 3 is 2.57 bits per heavy atom. The first kappa shape index (κ1) is 15.7. The van der Waals surface area contributed by atoms with E-state index in [1.54, 1.807) is 13.3 Å². The van der Waals surface area contributed by atoms with Gasteiger partial charge in [-0.3, -0.25) is 5.43 Å². The molecule has 1 N–H and O–H groups in total. The molecule has 0 saturated heterocycles. The summed E-state index contributed by atoms with van der Waals surface area (Å²) in [4.78, 5) is 4.53. The van der Waals surface area contributed by atoms with Gasteiger partial charge in [0.1, 0.15) is 5.75 Å². The molecule has 3 rings (SSSR count). The minimum Gasteiger partial charge on any atom is -0.497 e. The summed E-state index contributed by atoms with van der Waals surface area (Å²) < 4.78 is 6.18. The summed E-state index contributed by atoms with van der Waals surface area (Å²) >= 11 is 4.95. The number of methoxy groups -OCH3 is 1. The van der Waals surface area contributed by atoms with Gasteiger partial charge in [-0.05, 0) is 42.0 Å². The second-order valence-electron chi connectivity index (χ2n) is 4.69. The topological polar surface area (TPSA) is 46.5 Å². The highest BCUT2D eigenvalue weighted by molar-refractivity contribution is 9.10. The van der Waals surface area contributed by atoms with Gasteiger partial charge in [0.05, 0.1) is 19.0 Å². The van der Waals surface area contributed by atoms with Gasteiger partial charge in [-0.15, -0.1) is 11.3 Å². The van der Waals surface area contributed by atoms with E-state index in [0.29, 0.717) is 0 Å². The van der Waals surface area contributed by atoms with E-state index in [2.05, 4.69) is 31.4 Å². The molecule has 2 aromatic carbocycles. The fourth-order valence-corrected chi connectivity index (χ4v) is 2.86. The largest absolute Gasteiger partial charge is 0.497 e. The Hall–Kier alpha value is -2.18. The van der Waals surface area contributed by atoms with Crippen molar-refractivity contribution in [3.05, 3.63) is 63.9 Å². The number of ether oxygens (including phenoxy) is 1. The zero-order chi connectivity index (χ0) is 16.1. The van der Waals surface area contributed by atoms with Crippen LogP contribution >= 0.6 is 27.3 Å². The lowest BCUT2D eigenvalue weighted by molar-refractivity contribution is 0.415. The highest BCUT2D eigenvalue weighted by Crippen LogP contribution is 2.26. The predicted octanol–water partition coefficient (Wildman–Crippen LogP) is 5.03. The molecular weight excluding hydrogens is 374 g/mol. The maximum Gasteiger partial charge on any atom is 0.203 e. The fourth-order valence-electron chi connectivity index (χ4n) is 1.93. The molecule has 0 radical (unpaired) electrons. The Morgan fingerprint density at radius 1 is 1.13 bits per heavy atom. The lowest BCUT2D eigenvalue weighted by atomic mass is 10.2. The van der Waals surface area contributed by atoms with E-state index in [1.165, 1.54) is 11.3 Å². The molecule has 0 aliphatic rings. The first-order chi connectivity index (χ1) is 11.2. The van der Waals surface area contributed by atoms with Gasteiger partial charge in [-0.1, -0.05) is 28.1 Å². The normalized spacial score (nSPS) is 10.9. The Labute approximate surface area is 147 Å². The van der Waals surface area contributed by atoms with E-state index in [9.17, 15) is 0 Å². The van der Waals surface area contributed by atoms with E-state index < -0.39 is 0 Å². The van der Waals surface area contributed by atoms with Crippen LogP contribution in [0.2, 0.25) is 0 Å². The molecule has 0 atom stereocenters.